The minimum absolute atomic E-state index is 0.0592. The molecule has 0 saturated heterocycles. The standard InChI is InChI=1S/C16H24O2/c1-3-7-16(17)18-13-6-4-5-8-15-11-9-14(2)10-12-15/h9-12H,3-8,13H2,1-2H3. The normalized spacial score (nSPS) is 10.3. The van der Waals surface area contributed by atoms with Crippen LogP contribution in [0, 0.1) is 6.92 Å². The van der Waals surface area contributed by atoms with Crippen molar-refractivity contribution in [1.29, 1.82) is 0 Å². The van der Waals surface area contributed by atoms with E-state index in [2.05, 4.69) is 31.2 Å². The number of aryl methyl sites for hydroxylation is 2. The second kappa shape index (κ2) is 8.73. The Hall–Kier alpha value is -1.31. The van der Waals surface area contributed by atoms with Gasteiger partial charge in [-0.15, -0.1) is 0 Å². The largest absolute Gasteiger partial charge is 0.466 e. The van der Waals surface area contributed by atoms with E-state index in [4.69, 9.17) is 4.74 Å². The minimum Gasteiger partial charge on any atom is -0.466 e. The average molecular weight is 248 g/mol. The van der Waals surface area contributed by atoms with E-state index in [1.165, 1.54) is 11.1 Å². The molecule has 18 heavy (non-hydrogen) atoms. The lowest BCUT2D eigenvalue weighted by Gasteiger charge is -2.04. The molecule has 2 heteroatoms. The molecule has 0 aliphatic rings. The van der Waals surface area contributed by atoms with Crippen LogP contribution in [-0.4, -0.2) is 12.6 Å². The van der Waals surface area contributed by atoms with Crippen LogP contribution < -0.4 is 0 Å². The summed E-state index contributed by atoms with van der Waals surface area (Å²) in [7, 11) is 0. The zero-order valence-electron chi connectivity index (χ0n) is 11.6. The van der Waals surface area contributed by atoms with Gasteiger partial charge in [0.1, 0.15) is 0 Å². The zero-order valence-corrected chi connectivity index (χ0v) is 11.6. The van der Waals surface area contributed by atoms with Crippen LogP contribution in [0.25, 0.3) is 0 Å². The first-order valence-corrected chi connectivity index (χ1v) is 6.93. The second-order valence-corrected chi connectivity index (χ2v) is 4.77. The van der Waals surface area contributed by atoms with Crippen molar-refractivity contribution in [3.8, 4) is 0 Å². The highest BCUT2D eigenvalue weighted by Gasteiger charge is 1.99. The van der Waals surface area contributed by atoms with Gasteiger partial charge in [-0.1, -0.05) is 36.8 Å². The Morgan fingerprint density at radius 2 is 1.83 bits per heavy atom. The van der Waals surface area contributed by atoms with E-state index in [9.17, 15) is 4.79 Å². The van der Waals surface area contributed by atoms with E-state index in [-0.39, 0.29) is 5.97 Å². The van der Waals surface area contributed by atoms with Crippen molar-refractivity contribution in [2.24, 2.45) is 0 Å². The molecular formula is C16H24O2. The van der Waals surface area contributed by atoms with Crippen molar-refractivity contribution in [3.63, 3.8) is 0 Å². The molecule has 1 aromatic rings. The fraction of sp³-hybridized carbons (Fsp3) is 0.562. The molecule has 0 spiro atoms. The van der Waals surface area contributed by atoms with Crippen molar-refractivity contribution in [1.82, 2.24) is 0 Å². The molecule has 0 heterocycles. The monoisotopic (exact) mass is 248 g/mol. The van der Waals surface area contributed by atoms with Gasteiger partial charge in [-0.05, 0) is 44.6 Å². The number of carbonyl (C=O) groups is 1. The molecule has 0 atom stereocenters. The Balaban J connectivity index is 2.02. The maximum atomic E-state index is 11.1. The van der Waals surface area contributed by atoms with Gasteiger partial charge in [-0.2, -0.15) is 0 Å². The molecule has 0 radical (unpaired) electrons. The maximum absolute atomic E-state index is 11.1. The summed E-state index contributed by atoms with van der Waals surface area (Å²) in [6.45, 7) is 4.67. The van der Waals surface area contributed by atoms with Gasteiger partial charge in [0, 0.05) is 6.42 Å². The van der Waals surface area contributed by atoms with Crippen LogP contribution >= 0.6 is 0 Å². The molecule has 1 rings (SSSR count). The summed E-state index contributed by atoms with van der Waals surface area (Å²) in [5.41, 5.74) is 2.70. The molecule has 1 aromatic carbocycles. The first-order chi connectivity index (χ1) is 8.72. The molecule has 0 unspecified atom stereocenters. The lowest BCUT2D eigenvalue weighted by Crippen LogP contribution is -2.04. The lowest BCUT2D eigenvalue weighted by molar-refractivity contribution is -0.143. The first kappa shape index (κ1) is 14.7. The van der Waals surface area contributed by atoms with E-state index in [0.29, 0.717) is 13.0 Å². The fourth-order valence-corrected chi connectivity index (χ4v) is 1.83. The van der Waals surface area contributed by atoms with E-state index >= 15 is 0 Å². The number of rotatable bonds is 8. The lowest BCUT2D eigenvalue weighted by atomic mass is 10.1. The second-order valence-electron chi connectivity index (χ2n) is 4.77. The highest BCUT2D eigenvalue weighted by Crippen LogP contribution is 2.08. The van der Waals surface area contributed by atoms with Crippen molar-refractivity contribution >= 4 is 5.97 Å². The third kappa shape index (κ3) is 6.43. The molecule has 0 bridgehead atoms. The summed E-state index contributed by atoms with van der Waals surface area (Å²) in [6, 6.07) is 8.69. The summed E-state index contributed by atoms with van der Waals surface area (Å²) >= 11 is 0. The Kier molecular flexibility index (Phi) is 7.16. The van der Waals surface area contributed by atoms with Crippen molar-refractivity contribution in [2.45, 2.75) is 52.4 Å². The molecule has 2 nitrogen and oxygen atoms in total. The third-order valence-corrected chi connectivity index (χ3v) is 2.95. The molecule has 0 aliphatic carbocycles. The van der Waals surface area contributed by atoms with Gasteiger partial charge in [-0.3, -0.25) is 4.79 Å². The van der Waals surface area contributed by atoms with Crippen LogP contribution in [0.2, 0.25) is 0 Å². The van der Waals surface area contributed by atoms with Gasteiger partial charge < -0.3 is 4.74 Å². The number of carbonyl (C=O) groups excluding carboxylic acids is 1. The summed E-state index contributed by atoms with van der Waals surface area (Å²) in [6.07, 6.45) is 5.78. The zero-order chi connectivity index (χ0) is 13.2. The van der Waals surface area contributed by atoms with Crippen LogP contribution in [0.5, 0.6) is 0 Å². The Labute approximate surface area is 110 Å². The summed E-state index contributed by atoms with van der Waals surface area (Å²) < 4.78 is 5.11. The summed E-state index contributed by atoms with van der Waals surface area (Å²) in [5.74, 6) is -0.0592. The minimum atomic E-state index is -0.0592. The number of ether oxygens (including phenoxy) is 1. The fourth-order valence-electron chi connectivity index (χ4n) is 1.83. The van der Waals surface area contributed by atoms with Crippen molar-refractivity contribution in [2.75, 3.05) is 6.61 Å². The highest BCUT2D eigenvalue weighted by molar-refractivity contribution is 5.69. The molecule has 100 valence electrons. The quantitative estimate of drug-likeness (QED) is 0.512. The van der Waals surface area contributed by atoms with Gasteiger partial charge in [0.25, 0.3) is 0 Å². The van der Waals surface area contributed by atoms with Crippen molar-refractivity contribution in [3.05, 3.63) is 35.4 Å². The van der Waals surface area contributed by atoms with E-state index in [0.717, 1.165) is 32.1 Å². The number of benzene rings is 1. The average Bonchev–Trinajstić information content (AvgIpc) is 2.36. The molecular weight excluding hydrogens is 224 g/mol. The molecule has 0 aromatic heterocycles. The van der Waals surface area contributed by atoms with Crippen LogP contribution in [-0.2, 0) is 16.0 Å². The first-order valence-electron chi connectivity index (χ1n) is 6.93. The third-order valence-electron chi connectivity index (χ3n) is 2.95. The van der Waals surface area contributed by atoms with E-state index in [1.54, 1.807) is 0 Å². The Bertz CT molecular complexity index is 341. The van der Waals surface area contributed by atoms with Crippen LogP contribution in [0.4, 0.5) is 0 Å². The summed E-state index contributed by atoms with van der Waals surface area (Å²) in [4.78, 5) is 11.1. The van der Waals surface area contributed by atoms with Gasteiger partial charge in [0.15, 0.2) is 0 Å². The highest BCUT2D eigenvalue weighted by atomic mass is 16.5. The van der Waals surface area contributed by atoms with Crippen LogP contribution in [0.1, 0.15) is 50.2 Å². The summed E-state index contributed by atoms with van der Waals surface area (Å²) in [5, 5.41) is 0. The van der Waals surface area contributed by atoms with Gasteiger partial charge in [0.05, 0.1) is 6.61 Å². The molecule has 0 saturated carbocycles. The topological polar surface area (TPSA) is 26.3 Å². The molecule has 0 N–H and O–H groups in total. The van der Waals surface area contributed by atoms with E-state index < -0.39 is 0 Å². The smallest absolute Gasteiger partial charge is 0.305 e. The maximum Gasteiger partial charge on any atom is 0.305 e. The predicted molar refractivity (Wildman–Crippen MR) is 74.6 cm³/mol. The number of esters is 1. The van der Waals surface area contributed by atoms with Gasteiger partial charge in [0.2, 0.25) is 0 Å². The molecule has 0 aliphatic heterocycles. The van der Waals surface area contributed by atoms with Gasteiger partial charge >= 0.3 is 5.97 Å². The number of unbranched alkanes of at least 4 members (excludes halogenated alkanes) is 2. The van der Waals surface area contributed by atoms with Gasteiger partial charge in [-0.25, -0.2) is 0 Å². The van der Waals surface area contributed by atoms with Crippen LogP contribution in [0.3, 0.4) is 0 Å². The van der Waals surface area contributed by atoms with Crippen molar-refractivity contribution < 1.29 is 9.53 Å². The van der Waals surface area contributed by atoms with E-state index in [1.807, 2.05) is 6.92 Å². The molecule has 0 fully saturated rings. The Morgan fingerprint density at radius 3 is 2.50 bits per heavy atom. The Morgan fingerprint density at radius 1 is 1.11 bits per heavy atom. The molecule has 0 amide bonds. The number of hydrogen-bond donors (Lipinski definition) is 0. The van der Waals surface area contributed by atoms with Crippen LogP contribution in [0.15, 0.2) is 24.3 Å². The number of hydrogen-bond acceptors (Lipinski definition) is 2. The predicted octanol–water partition coefficient (Wildman–Crippen LogP) is 4.05. The SMILES string of the molecule is CCCC(=O)OCCCCCc1ccc(C)cc1.